The Labute approximate surface area is 98.7 Å². The largest absolute Gasteiger partial charge is 0.371 e. The molecule has 1 saturated heterocycles. The molecule has 0 aromatic heterocycles. The van der Waals surface area contributed by atoms with Crippen LogP contribution in [0, 0.1) is 0 Å². The molecular formula is C12H24ClNO. The molecule has 0 aromatic carbocycles. The van der Waals surface area contributed by atoms with Gasteiger partial charge in [0.15, 0.2) is 0 Å². The molecular weight excluding hydrogens is 210 g/mol. The fraction of sp³-hybridized carbons (Fsp3) is 1.00. The summed E-state index contributed by atoms with van der Waals surface area (Å²) in [7, 11) is 0. The van der Waals surface area contributed by atoms with Crippen LogP contribution in [0.5, 0.6) is 0 Å². The third kappa shape index (κ3) is 3.93. The van der Waals surface area contributed by atoms with Crippen LogP contribution in [0.1, 0.15) is 47.5 Å². The van der Waals surface area contributed by atoms with Gasteiger partial charge in [-0.25, -0.2) is 0 Å². The van der Waals surface area contributed by atoms with Crippen molar-refractivity contribution in [3.8, 4) is 0 Å². The van der Waals surface area contributed by atoms with Gasteiger partial charge >= 0.3 is 0 Å². The number of hydrogen-bond donors (Lipinski definition) is 1. The lowest BCUT2D eigenvalue weighted by molar-refractivity contribution is -0.0165. The van der Waals surface area contributed by atoms with Crippen LogP contribution in [-0.4, -0.2) is 29.2 Å². The number of halogens is 1. The van der Waals surface area contributed by atoms with Crippen LogP contribution < -0.4 is 5.32 Å². The maximum Gasteiger partial charge on any atom is 0.0708 e. The second-order valence-electron chi connectivity index (χ2n) is 5.76. The van der Waals surface area contributed by atoms with Crippen LogP contribution in [0.2, 0.25) is 0 Å². The number of ether oxygens (including phenoxy) is 1. The first-order valence-corrected chi connectivity index (χ1v) is 6.23. The van der Waals surface area contributed by atoms with E-state index in [2.05, 4.69) is 33.0 Å². The van der Waals surface area contributed by atoms with Crippen molar-refractivity contribution in [1.82, 2.24) is 5.32 Å². The van der Waals surface area contributed by atoms with Gasteiger partial charge < -0.3 is 10.1 Å². The van der Waals surface area contributed by atoms with Crippen molar-refractivity contribution in [3.63, 3.8) is 0 Å². The molecule has 0 aliphatic carbocycles. The molecule has 1 N–H and O–H groups in total. The quantitative estimate of drug-likeness (QED) is 0.754. The monoisotopic (exact) mass is 233 g/mol. The standard InChI is InChI=1S/C12H24ClNO/c1-9(13)12(4,5)14-8-10-6-7-11(2,3)15-10/h9-10,14H,6-8H2,1-5H3. The lowest BCUT2D eigenvalue weighted by Gasteiger charge is -2.31. The molecule has 2 atom stereocenters. The van der Waals surface area contributed by atoms with Crippen LogP contribution in [0.15, 0.2) is 0 Å². The fourth-order valence-electron chi connectivity index (χ4n) is 1.74. The van der Waals surface area contributed by atoms with Crippen molar-refractivity contribution < 1.29 is 4.74 Å². The Balaban J connectivity index is 2.33. The summed E-state index contributed by atoms with van der Waals surface area (Å²) in [6, 6.07) is 0. The summed E-state index contributed by atoms with van der Waals surface area (Å²) in [5.41, 5.74) is 0.0285. The van der Waals surface area contributed by atoms with Crippen molar-refractivity contribution in [2.45, 2.75) is 70.1 Å². The molecule has 0 radical (unpaired) electrons. The number of rotatable bonds is 4. The number of alkyl halides is 1. The molecule has 0 saturated carbocycles. The average Bonchev–Trinajstić information content (AvgIpc) is 2.42. The Morgan fingerprint density at radius 3 is 2.53 bits per heavy atom. The van der Waals surface area contributed by atoms with E-state index >= 15 is 0 Å². The molecule has 2 unspecified atom stereocenters. The minimum absolute atomic E-state index is 0.0301. The Bertz CT molecular complexity index is 214. The van der Waals surface area contributed by atoms with E-state index in [9.17, 15) is 0 Å². The van der Waals surface area contributed by atoms with Crippen molar-refractivity contribution in [3.05, 3.63) is 0 Å². The van der Waals surface area contributed by atoms with E-state index in [-0.39, 0.29) is 16.5 Å². The molecule has 2 nitrogen and oxygen atoms in total. The zero-order valence-corrected chi connectivity index (χ0v) is 11.3. The average molecular weight is 234 g/mol. The van der Waals surface area contributed by atoms with Gasteiger partial charge in [0.25, 0.3) is 0 Å². The fourth-order valence-corrected chi connectivity index (χ4v) is 1.82. The molecule has 0 aromatic rings. The zero-order valence-electron chi connectivity index (χ0n) is 10.6. The van der Waals surface area contributed by atoms with E-state index in [1.807, 2.05) is 6.92 Å². The van der Waals surface area contributed by atoms with Crippen LogP contribution in [0.3, 0.4) is 0 Å². The summed E-state index contributed by atoms with van der Waals surface area (Å²) in [6.07, 6.45) is 2.64. The summed E-state index contributed by atoms with van der Waals surface area (Å²) in [5, 5.41) is 3.60. The first kappa shape index (κ1) is 13.3. The molecule has 1 fully saturated rings. The van der Waals surface area contributed by atoms with Crippen molar-refractivity contribution in [1.29, 1.82) is 0 Å². The Morgan fingerprint density at radius 1 is 1.53 bits per heavy atom. The van der Waals surface area contributed by atoms with Gasteiger partial charge in [0.1, 0.15) is 0 Å². The van der Waals surface area contributed by atoms with Gasteiger partial charge in [0, 0.05) is 17.5 Å². The van der Waals surface area contributed by atoms with Crippen LogP contribution in [0.4, 0.5) is 0 Å². The van der Waals surface area contributed by atoms with Crippen LogP contribution >= 0.6 is 11.6 Å². The molecule has 90 valence electrons. The van der Waals surface area contributed by atoms with E-state index in [0.29, 0.717) is 6.10 Å². The van der Waals surface area contributed by atoms with Gasteiger partial charge in [-0.1, -0.05) is 0 Å². The van der Waals surface area contributed by atoms with Crippen molar-refractivity contribution in [2.75, 3.05) is 6.54 Å². The zero-order chi connectivity index (χ0) is 11.7. The normalized spacial score (nSPS) is 28.0. The van der Waals surface area contributed by atoms with Gasteiger partial charge in [-0.05, 0) is 47.5 Å². The Hall–Kier alpha value is 0.210. The highest BCUT2D eigenvalue weighted by Crippen LogP contribution is 2.29. The van der Waals surface area contributed by atoms with Crippen molar-refractivity contribution in [2.24, 2.45) is 0 Å². The van der Waals surface area contributed by atoms with Gasteiger partial charge in [0.2, 0.25) is 0 Å². The van der Waals surface area contributed by atoms with Crippen molar-refractivity contribution >= 4 is 11.6 Å². The second-order valence-corrected chi connectivity index (χ2v) is 6.41. The summed E-state index contributed by atoms with van der Waals surface area (Å²) in [5.74, 6) is 0. The van der Waals surface area contributed by atoms with Gasteiger partial charge in [-0.15, -0.1) is 11.6 Å². The van der Waals surface area contributed by atoms with E-state index in [1.165, 1.54) is 0 Å². The molecule has 1 heterocycles. The Morgan fingerprint density at radius 2 is 2.13 bits per heavy atom. The maximum atomic E-state index is 6.11. The molecule has 0 spiro atoms. The van der Waals surface area contributed by atoms with Crippen LogP contribution in [-0.2, 0) is 4.74 Å². The predicted molar refractivity (Wildman–Crippen MR) is 65.6 cm³/mol. The van der Waals surface area contributed by atoms with E-state index < -0.39 is 0 Å². The molecule has 3 heteroatoms. The maximum absolute atomic E-state index is 6.11. The predicted octanol–water partition coefficient (Wildman–Crippen LogP) is 2.94. The van der Waals surface area contributed by atoms with E-state index in [4.69, 9.17) is 16.3 Å². The second kappa shape index (κ2) is 4.60. The topological polar surface area (TPSA) is 21.3 Å². The summed E-state index contributed by atoms with van der Waals surface area (Å²) >= 11 is 6.11. The first-order chi connectivity index (χ1) is 6.73. The molecule has 0 bridgehead atoms. The SMILES string of the molecule is CC(Cl)C(C)(C)NCC1CCC(C)(C)O1. The van der Waals surface area contributed by atoms with Gasteiger partial charge in [-0.3, -0.25) is 0 Å². The lowest BCUT2D eigenvalue weighted by Crippen LogP contribution is -2.48. The van der Waals surface area contributed by atoms with Crippen LogP contribution in [0.25, 0.3) is 0 Å². The summed E-state index contributed by atoms with van der Waals surface area (Å²) in [4.78, 5) is 0. The van der Waals surface area contributed by atoms with E-state index in [0.717, 1.165) is 19.4 Å². The third-order valence-corrected chi connectivity index (χ3v) is 3.88. The number of nitrogens with one attached hydrogen (secondary N) is 1. The van der Waals surface area contributed by atoms with Gasteiger partial charge in [-0.2, -0.15) is 0 Å². The summed E-state index contributed by atoms with van der Waals surface area (Å²) in [6.45, 7) is 11.5. The highest BCUT2D eigenvalue weighted by Gasteiger charge is 2.33. The summed E-state index contributed by atoms with van der Waals surface area (Å²) < 4.78 is 5.92. The lowest BCUT2D eigenvalue weighted by atomic mass is 10.0. The molecule has 15 heavy (non-hydrogen) atoms. The first-order valence-electron chi connectivity index (χ1n) is 5.80. The minimum Gasteiger partial charge on any atom is -0.371 e. The smallest absolute Gasteiger partial charge is 0.0708 e. The highest BCUT2D eigenvalue weighted by atomic mass is 35.5. The number of hydrogen-bond acceptors (Lipinski definition) is 2. The molecule has 0 amide bonds. The molecule has 1 rings (SSSR count). The minimum atomic E-state index is -0.0301. The molecule has 1 aliphatic heterocycles. The third-order valence-electron chi connectivity index (χ3n) is 3.33. The van der Waals surface area contributed by atoms with Gasteiger partial charge in [0.05, 0.1) is 11.7 Å². The highest BCUT2D eigenvalue weighted by molar-refractivity contribution is 6.21. The molecule has 1 aliphatic rings. The Kier molecular flexibility index (Phi) is 4.07. The van der Waals surface area contributed by atoms with E-state index in [1.54, 1.807) is 0 Å².